The smallest absolute Gasteiger partial charge is 0.0144 e. The second-order valence-electron chi connectivity index (χ2n) is 3.58. The first-order chi connectivity index (χ1) is 6.83. The molecular weight excluding hydrogens is 168 g/mol. The van der Waals surface area contributed by atoms with E-state index in [4.69, 9.17) is 0 Å². The molecule has 0 N–H and O–H groups in total. The van der Waals surface area contributed by atoms with Crippen molar-refractivity contribution in [2.45, 2.75) is 25.7 Å². The molecule has 0 atom stereocenters. The molecule has 0 unspecified atom stereocenters. The van der Waals surface area contributed by atoms with Gasteiger partial charge < -0.3 is 0 Å². The van der Waals surface area contributed by atoms with E-state index in [0.29, 0.717) is 0 Å². The van der Waals surface area contributed by atoms with E-state index in [1.807, 2.05) is 6.08 Å². The molecule has 0 spiro atoms. The molecule has 1 rings (SSSR count). The van der Waals surface area contributed by atoms with Crippen molar-refractivity contribution >= 4 is 0 Å². The quantitative estimate of drug-likeness (QED) is 0.586. The van der Waals surface area contributed by atoms with Gasteiger partial charge in [0.05, 0.1) is 0 Å². The summed E-state index contributed by atoms with van der Waals surface area (Å²) in [4.78, 5) is 0. The van der Waals surface area contributed by atoms with Crippen molar-refractivity contribution in [1.29, 1.82) is 0 Å². The van der Waals surface area contributed by atoms with E-state index in [9.17, 15) is 0 Å². The Balaban J connectivity index is 2.22. The van der Waals surface area contributed by atoms with Gasteiger partial charge >= 0.3 is 0 Å². The van der Waals surface area contributed by atoms with E-state index >= 15 is 0 Å². The van der Waals surface area contributed by atoms with Crippen molar-refractivity contribution in [3.63, 3.8) is 0 Å². The number of benzene rings is 1. The average molecular weight is 186 g/mol. The van der Waals surface area contributed by atoms with Gasteiger partial charge in [-0.3, -0.25) is 0 Å². The van der Waals surface area contributed by atoms with Gasteiger partial charge in [0.15, 0.2) is 0 Å². The van der Waals surface area contributed by atoms with Gasteiger partial charge in [0.25, 0.3) is 0 Å². The number of aryl methyl sites for hydroxylation is 1. The molecule has 74 valence electrons. The lowest BCUT2D eigenvalue weighted by molar-refractivity contribution is 0.801. The highest BCUT2D eigenvalue weighted by molar-refractivity contribution is 5.15. The molecular formula is C14H18. The van der Waals surface area contributed by atoms with Crippen LogP contribution in [0.3, 0.4) is 0 Å². The van der Waals surface area contributed by atoms with Crippen LogP contribution >= 0.6 is 0 Å². The van der Waals surface area contributed by atoms with E-state index in [1.54, 1.807) is 0 Å². The summed E-state index contributed by atoms with van der Waals surface area (Å²) in [6.07, 6.45) is 6.33. The Kier molecular flexibility index (Phi) is 4.77. The molecule has 0 bridgehead atoms. The van der Waals surface area contributed by atoms with Gasteiger partial charge in [-0.15, -0.1) is 6.58 Å². The van der Waals surface area contributed by atoms with Gasteiger partial charge in [0.1, 0.15) is 0 Å². The van der Waals surface area contributed by atoms with Crippen LogP contribution in [0.1, 0.15) is 24.8 Å². The van der Waals surface area contributed by atoms with Gasteiger partial charge in [0, 0.05) is 0 Å². The molecule has 14 heavy (non-hydrogen) atoms. The predicted octanol–water partition coefficient (Wildman–Crippen LogP) is 4.14. The first-order valence-corrected chi connectivity index (χ1v) is 5.14. The maximum Gasteiger partial charge on any atom is -0.0144 e. The SMILES string of the molecule is C=CCC(=C)CCCc1ccccc1. The summed E-state index contributed by atoms with van der Waals surface area (Å²) in [5.41, 5.74) is 2.70. The van der Waals surface area contributed by atoms with Crippen LogP contribution in [0.4, 0.5) is 0 Å². The molecule has 0 nitrogen and oxygen atoms in total. The largest absolute Gasteiger partial charge is 0.103 e. The molecule has 0 radical (unpaired) electrons. The zero-order valence-corrected chi connectivity index (χ0v) is 8.71. The van der Waals surface area contributed by atoms with Crippen LogP contribution in [0, 0.1) is 0 Å². The molecule has 0 saturated carbocycles. The third-order valence-electron chi connectivity index (χ3n) is 2.27. The molecule has 0 aliphatic heterocycles. The van der Waals surface area contributed by atoms with Crippen molar-refractivity contribution < 1.29 is 0 Å². The van der Waals surface area contributed by atoms with Crippen LogP contribution in [0.25, 0.3) is 0 Å². The van der Waals surface area contributed by atoms with Crippen molar-refractivity contribution in [2.75, 3.05) is 0 Å². The first kappa shape index (κ1) is 10.8. The molecule has 0 fully saturated rings. The van der Waals surface area contributed by atoms with Gasteiger partial charge in [-0.05, 0) is 31.2 Å². The fourth-order valence-corrected chi connectivity index (χ4v) is 1.49. The molecule has 0 aliphatic rings. The fraction of sp³-hybridized carbons (Fsp3) is 0.286. The van der Waals surface area contributed by atoms with Gasteiger partial charge in [-0.1, -0.05) is 48.6 Å². The maximum atomic E-state index is 4.00. The van der Waals surface area contributed by atoms with Crippen molar-refractivity contribution in [2.24, 2.45) is 0 Å². The van der Waals surface area contributed by atoms with E-state index in [-0.39, 0.29) is 0 Å². The van der Waals surface area contributed by atoms with Gasteiger partial charge in [-0.2, -0.15) is 0 Å². The number of hydrogen-bond donors (Lipinski definition) is 0. The summed E-state index contributed by atoms with van der Waals surface area (Å²) in [5.74, 6) is 0. The molecule has 1 aromatic rings. The lowest BCUT2D eigenvalue weighted by atomic mass is 10.0. The van der Waals surface area contributed by atoms with Crippen LogP contribution in [-0.2, 0) is 6.42 Å². The molecule has 0 amide bonds. The Labute approximate surface area is 87.0 Å². The number of allylic oxidation sites excluding steroid dienone is 2. The average Bonchev–Trinajstić information content (AvgIpc) is 2.20. The molecule has 0 aliphatic carbocycles. The summed E-state index contributed by atoms with van der Waals surface area (Å²) < 4.78 is 0. The van der Waals surface area contributed by atoms with Crippen LogP contribution in [0.2, 0.25) is 0 Å². The summed E-state index contributed by atoms with van der Waals surface area (Å²) in [7, 11) is 0. The minimum Gasteiger partial charge on any atom is -0.103 e. The maximum absolute atomic E-state index is 4.00. The second-order valence-corrected chi connectivity index (χ2v) is 3.58. The predicted molar refractivity (Wildman–Crippen MR) is 63.3 cm³/mol. The summed E-state index contributed by atoms with van der Waals surface area (Å²) in [6.45, 7) is 7.71. The van der Waals surface area contributed by atoms with Crippen molar-refractivity contribution in [3.8, 4) is 0 Å². The van der Waals surface area contributed by atoms with E-state index in [1.165, 1.54) is 17.6 Å². The third kappa shape index (κ3) is 4.08. The van der Waals surface area contributed by atoms with E-state index in [2.05, 4.69) is 43.5 Å². The molecule has 0 heterocycles. The lowest BCUT2D eigenvalue weighted by Crippen LogP contribution is -1.86. The molecule has 0 heteroatoms. The Morgan fingerprint density at radius 1 is 1.21 bits per heavy atom. The minimum atomic E-state index is 0.953. The van der Waals surface area contributed by atoms with Gasteiger partial charge in [-0.25, -0.2) is 0 Å². The normalized spacial score (nSPS) is 9.71. The number of hydrogen-bond acceptors (Lipinski definition) is 0. The summed E-state index contributed by atoms with van der Waals surface area (Å²) in [6, 6.07) is 10.6. The first-order valence-electron chi connectivity index (χ1n) is 5.14. The Bertz CT molecular complexity index is 282. The van der Waals surface area contributed by atoms with Crippen molar-refractivity contribution in [3.05, 3.63) is 60.7 Å². The fourth-order valence-electron chi connectivity index (χ4n) is 1.49. The highest BCUT2D eigenvalue weighted by Gasteiger charge is 1.94. The standard InChI is InChI=1S/C14H18/c1-3-8-13(2)9-7-12-14-10-5-4-6-11-14/h3-6,10-11H,1-2,7-9,12H2. The van der Waals surface area contributed by atoms with Crippen molar-refractivity contribution in [1.82, 2.24) is 0 Å². The zero-order valence-electron chi connectivity index (χ0n) is 8.71. The molecule has 0 saturated heterocycles. The molecule has 0 aromatic heterocycles. The topological polar surface area (TPSA) is 0 Å². The van der Waals surface area contributed by atoms with Crippen LogP contribution < -0.4 is 0 Å². The third-order valence-corrected chi connectivity index (χ3v) is 2.27. The monoisotopic (exact) mass is 186 g/mol. The Hall–Kier alpha value is -1.30. The van der Waals surface area contributed by atoms with E-state index in [0.717, 1.165) is 19.3 Å². The Morgan fingerprint density at radius 2 is 1.93 bits per heavy atom. The highest BCUT2D eigenvalue weighted by atomic mass is 14.0. The lowest BCUT2D eigenvalue weighted by Gasteiger charge is -2.02. The number of rotatable bonds is 6. The summed E-state index contributed by atoms with van der Waals surface area (Å²) in [5, 5.41) is 0. The van der Waals surface area contributed by atoms with Crippen LogP contribution in [0.15, 0.2) is 55.1 Å². The van der Waals surface area contributed by atoms with Gasteiger partial charge in [0.2, 0.25) is 0 Å². The zero-order chi connectivity index (χ0) is 10.2. The second kappa shape index (κ2) is 6.20. The highest BCUT2D eigenvalue weighted by Crippen LogP contribution is 2.11. The minimum absolute atomic E-state index is 0.953. The summed E-state index contributed by atoms with van der Waals surface area (Å²) >= 11 is 0. The Morgan fingerprint density at radius 3 is 2.57 bits per heavy atom. The van der Waals surface area contributed by atoms with E-state index < -0.39 is 0 Å². The van der Waals surface area contributed by atoms with Crippen LogP contribution in [-0.4, -0.2) is 0 Å². The molecule has 1 aromatic carbocycles. The van der Waals surface area contributed by atoms with Crippen LogP contribution in [0.5, 0.6) is 0 Å².